The van der Waals surface area contributed by atoms with E-state index < -0.39 is 16.9 Å². The zero-order valence-corrected chi connectivity index (χ0v) is 25.6. The molecule has 0 bridgehead atoms. The van der Waals surface area contributed by atoms with Crippen molar-refractivity contribution in [2.24, 2.45) is 4.99 Å². The van der Waals surface area contributed by atoms with Crippen molar-refractivity contribution in [3.8, 4) is 11.3 Å². The van der Waals surface area contributed by atoms with Crippen molar-refractivity contribution in [1.82, 2.24) is 4.57 Å². The van der Waals surface area contributed by atoms with Gasteiger partial charge < -0.3 is 9.15 Å². The van der Waals surface area contributed by atoms with Gasteiger partial charge in [0.25, 0.3) is 11.2 Å². The minimum atomic E-state index is -0.782. The van der Waals surface area contributed by atoms with Gasteiger partial charge in [0.1, 0.15) is 11.5 Å². The van der Waals surface area contributed by atoms with E-state index in [4.69, 9.17) is 14.1 Å². The third-order valence-corrected chi connectivity index (χ3v) is 8.52. The quantitative estimate of drug-likeness (QED) is 0.116. The maximum absolute atomic E-state index is 14.1. The van der Waals surface area contributed by atoms with Crippen LogP contribution in [0.15, 0.2) is 111 Å². The van der Waals surface area contributed by atoms with Crippen LogP contribution in [-0.2, 0) is 9.53 Å². The van der Waals surface area contributed by atoms with Crippen molar-refractivity contribution in [3.63, 3.8) is 0 Å². The average molecular weight is 620 g/mol. The van der Waals surface area contributed by atoms with Crippen molar-refractivity contribution in [2.75, 3.05) is 6.61 Å². The molecule has 9 nitrogen and oxygen atoms in total. The van der Waals surface area contributed by atoms with Gasteiger partial charge in [-0.25, -0.2) is 9.79 Å². The number of hydrogen-bond acceptors (Lipinski definition) is 8. The standard InChI is InChI=1S/C35H29N3O6S/c1-4-43-34(40)30-31(23-9-6-5-7-10-23)36-35-37(32(30)24-15-13-22(14-16-24)21(2)3)33(39)29(45-35)20-27-17-18-28(44-27)25-11-8-12-26(19-25)38(41)42/h5-21,32H,4H2,1-3H3/b29-20-/t32-/m0/s1. The number of hydrogen-bond donors (Lipinski definition) is 0. The number of benzene rings is 3. The van der Waals surface area contributed by atoms with Gasteiger partial charge in [-0.15, -0.1) is 0 Å². The summed E-state index contributed by atoms with van der Waals surface area (Å²) in [4.78, 5) is 43.9. The monoisotopic (exact) mass is 619 g/mol. The lowest BCUT2D eigenvalue weighted by molar-refractivity contribution is -0.384. The van der Waals surface area contributed by atoms with Crippen molar-refractivity contribution >= 4 is 34.8 Å². The number of fused-ring (bicyclic) bond motifs is 1. The molecule has 1 atom stereocenters. The van der Waals surface area contributed by atoms with Crippen LogP contribution in [0.5, 0.6) is 0 Å². The largest absolute Gasteiger partial charge is 0.463 e. The first-order chi connectivity index (χ1) is 21.7. The Bertz CT molecular complexity index is 2120. The van der Waals surface area contributed by atoms with E-state index in [0.717, 1.165) is 16.7 Å². The minimum absolute atomic E-state index is 0.0492. The Hall–Kier alpha value is -5.35. The summed E-state index contributed by atoms with van der Waals surface area (Å²) in [6.45, 7) is 6.12. The van der Waals surface area contributed by atoms with E-state index in [0.29, 0.717) is 38.0 Å². The Kier molecular flexibility index (Phi) is 8.14. The molecule has 1 aliphatic heterocycles. The maximum atomic E-state index is 14.1. The summed E-state index contributed by atoms with van der Waals surface area (Å²) in [5.74, 6) is 0.588. The van der Waals surface area contributed by atoms with Gasteiger partial charge in [0, 0.05) is 29.3 Å². The number of carbonyl (C=O) groups is 1. The first kappa shape index (κ1) is 29.7. The normalized spacial score (nSPS) is 14.8. The third kappa shape index (κ3) is 5.80. The number of thiazole rings is 1. The number of furan rings is 1. The van der Waals surface area contributed by atoms with Crippen LogP contribution < -0.4 is 14.9 Å². The topological polar surface area (TPSA) is 117 Å². The van der Waals surface area contributed by atoms with Gasteiger partial charge in [-0.2, -0.15) is 0 Å². The fourth-order valence-electron chi connectivity index (χ4n) is 5.31. The first-order valence-corrected chi connectivity index (χ1v) is 15.3. The highest BCUT2D eigenvalue weighted by Crippen LogP contribution is 2.35. The molecular formula is C35H29N3O6S. The molecule has 3 aromatic carbocycles. The Morgan fingerprint density at radius 2 is 1.78 bits per heavy atom. The van der Waals surface area contributed by atoms with Crippen LogP contribution in [0.4, 0.5) is 5.69 Å². The second kappa shape index (κ2) is 12.3. The highest BCUT2D eigenvalue weighted by atomic mass is 32.1. The summed E-state index contributed by atoms with van der Waals surface area (Å²) in [7, 11) is 0. The Balaban J connectivity index is 1.54. The van der Waals surface area contributed by atoms with Crippen LogP contribution in [0.25, 0.3) is 23.1 Å². The molecule has 0 fully saturated rings. The Morgan fingerprint density at radius 1 is 1.04 bits per heavy atom. The molecule has 0 saturated heterocycles. The molecule has 226 valence electrons. The SMILES string of the molecule is CCOC(=O)C1=C(c2ccccc2)N=c2s/c(=C\c3ccc(-c4cccc([N+](=O)[O-])c4)o3)c(=O)n2[C@H]1c1ccc(C(C)C)cc1. The molecule has 0 saturated carbocycles. The van der Waals surface area contributed by atoms with Crippen LogP contribution in [0, 0.1) is 10.1 Å². The number of esters is 1. The van der Waals surface area contributed by atoms with Crippen LogP contribution in [0.1, 0.15) is 55.2 Å². The van der Waals surface area contributed by atoms with E-state index in [-0.39, 0.29) is 23.4 Å². The van der Waals surface area contributed by atoms with Gasteiger partial charge in [0.2, 0.25) is 0 Å². The molecular weight excluding hydrogens is 590 g/mol. The predicted molar refractivity (Wildman–Crippen MR) is 172 cm³/mol. The highest BCUT2D eigenvalue weighted by Gasteiger charge is 2.35. The van der Waals surface area contributed by atoms with E-state index >= 15 is 0 Å². The number of non-ortho nitro benzene ring substituents is 1. The Labute approximate surface area is 262 Å². The maximum Gasteiger partial charge on any atom is 0.338 e. The molecule has 0 amide bonds. The number of rotatable bonds is 8. The number of nitrogens with zero attached hydrogens (tertiary/aromatic N) is 3. The lowest BCUT2D eigenvalue weighted by Gasteiger charge is -2.26. The van der Waals surface area contributed by atoms with Crippen LogP contribution in [-0.4, -0.2) is 22.1 Å². The summed E-state index contributed by atoms with van der Waals surface area (Å²) in [6, 6.07) is 26.1. The second-order valence-corrected chi connectivity index (χ2v) is 11.8. The molecule has 45 heavy (non-hydrogen) atoms. The molecule has 6 rings (SSSR count). The molecule has 5 aromatic rings. The van der Waals surface area contributed by atoms with Gasteiger partial charge in [-0.05, 0) is 36.1 Å². The number of nitro benzene ring substituents is 1. The zero-order valence-electron chi connectivity index (χ0n) is 24.8. The summed E-state index contributed by atoms with van der Waals surface area (Å²) < 4.78 is 13.4. The molecule has 3 heterocycles. The summed E-state index contributed by atoms with van der Waals surface area (Å²) in [6.07, 6.45) is 1.62. The van der Waals surface area contributed by atoms with E-state index in [9.17, 15) is 19.7 Å². The van der Waals surface area contributed by atoms with Gasteiger partial charge in [0.15, 0.2) is 4.80 Å². The third-order valence-electron chi connectivity index (χ3n) is 7.53. The predicted octanol–water partition coefficient (Wildman–Crippen LogP) is 6.23. The molecule has 0 radical (unpaired) electrons. The van der Waals surface area contributed by atoms with Crippen LogP contribution >= 0.6 is 11.3 Å². The number of aromatic nitrogens is 1. The van der Waals surface area contributed by atoms with Crippen molar-refractivity contribution in [2.45, 2.75) is 32.7 Å². The molecule has 0 N–H and O–H groups in total. The zero-order chi connectivity index (χ0) is 31.7. The lowest BCUT2D eigenvalue weighted by Crippen LogP contribution is -2.40. The average Bonchev–Trinajstić information content (AvgIpc) is 3.65. The Morgan fingerprint density at radius 3 is 2.47 bits per heavy atom. The van der Waals surface area contributed by atoms with E-state index in [2.05, 4.69) is 13.8 Å². The summed E-state index contributed by atoms with van der Waals surface area (Å²) in [5.41, 5.74) is 3.51. The van der Waals surface area contributed by atoms with Crippen LogP contribution in [0.2, 0.25) is 0 Å². The second-order valence-electron chi connectivity index (χ2n) is 10.8. The summed E-state index contributed by atoms with van der Waals surface area (Å²) >= 11 is 1.19. The number of nitro groups is 1. The van der Waals surface area contributed by atoms with Gasteiger partial charge in [-0.3, -0.25) is 19.5 Å². The number of ether oxygens (including phenoxy) is 1. The number of carbonyl (C=O) groups excluding carboxylic acids is 1. The summed E-state index contributed by atoms with van der Waals surface area (Å²) in [5, 5.41) is 11.2. The molecule has 2 aromatic heterocycles. The van der Waals surface area contributed by atoms with E-state index in [1.165, 1.54) is 23.5 Å². The van der Waals surface area contributed by atoms with E-state index in [1.54, 1.807) is 41.8 Å². The van der Waals surface area contributed by atoms with Crippen molar-refractivity contribution < 1.29 is 18.9 Å². The molecule has 10 heteroatoms. The van der Waals surface area contributed by atoms with Gasteiger partial charge in [-0.1, -0.05) is 91.9 Å². The van der Waals surface area contributed by atoms with Crippen LogP contribution in [0.3, 0.4) is 0 Å². The molecule has 0 spiro atoms. The van der Waals surface area contributed by atoms with Gasteiger partial charge in [0.05, 0.1) is 33.4 Å². The lowest BCUT2D eigenvalue weighted by atomic mass is 9.91. The van der Waals surface area contributed by atoms with Crippen molar-refractivity contribution in [1.29, 1.82) is 0 Å². The van der Waals surface area contributed by atoms with E-state index in [1.807, 2.05) is 54.6 Å². The first-order valence-electron chi connectivity index (χ1n) is 14.5. The van der Waals surface area contributed by atoms with Gasteiger partial charge >= 0.3 is 5.97 Å². The molecule has 1 aliphatic rings. The fourth-order valence-corrected chi connectivity index (χ4v) is 6.29. The minimum Gasteiger partial charge on any atom is -0.463 e. The van der Waals surface area contributed by atoms with Crippen molar-refractivity contribution in [3.05, 3.63) is 149 Å². The molecule has 0 aliphatic carbocycles. The fraction of sp³-hybridized carbons (Fsp3) is 0.171. The smallest absolute Gasteiger partial charge is 0.338 e. The highest BCUT2D eigenvalue weighted by molar-refractivity contribution is 7.07. The molecule has 0 unspecified atom stereocenters.